The summed E-state index contributed by atoms with van der Waals surface area (Å²) in [6.45, 7) is 2.03. The molecule has 0 radical (unpaired) electrons. The number of benzene rings is 2. The molecule has 0 saturated heterocycles. The van der Waals surface area contributed by atoms with Crippen LogP contribution in [-0.4, -0.2) is 25.2 Å². The molecule has 0 aromatic heterocycles. The SMILES string of the molecule is COc1ccc(CNC(=S)Nc2cc(NC(C)=O)ccc2OC)cc1. The Hall–Kier alpha value is -2.80. The first-order chi connectivity index (χ1) is 12.0. The van der Waals surface area contributed by atoms with E-state index in [0.717, 1.165) is 11.3 Å². The molecule has 2 aromatic carbocycles. The third-order valence-electron chi connectivity index (χ3n) is 3.38. The summed E-state index contributed by atoms with van der Waals surface area (Å²) < 4.78 is 10.5. The first kappa shape index (κ1) is 18.5. The number of carbonyl (C=O) groups is 1. The molecule has 2 aromatic rings. The summed E-state index contributed by atoms with van der Waals surface area (Å²) >= 11 is 5.33. The summed E-state index contributed by atoms with van der Waals surface area (Å²) in [7, 11) is 3.21. The molecule has 0 spiro atoms. The Balaban J connectivity index is 1.99. The lowest BCUT2D eigenvalue weighted by molar-refractivity contribution is -0.114. The van der Waals surface area contributed by atoms with Gasteiger partial charge in [0.05, 0.1) is 19.9 Å². The van der Waals surface area contributed by atoms with Crippen molar-refractivity contribution in [1.82, 2.24) is 5.32 Å². The van der Waals surface area contributed by atoms with E-state index in [1.54, 1.807) is 32.4 Å². The minimum Gasteiger partial charge on any atom is -0.497 e. The predicted octanol–water partition coefficient (Wildman–Crippen LogP) is 3.15. The topological polar surface area (TPSA) is 71.6 Å². The maximum atomic E-state index is 11.2. The molecule has 0 atom stereocenters. The zero-order valence-corrected chi connectivity index (χ0v) is 15.2. The fourth-order valence-electron chi connectivity index (χ4n) is 2.18. The molecule has 0 heterocycles. The lowest BCUT2D eigenvalue weighted by atomic mass is 10.2. The van der Waals surface area contributed by atoms with E-state index < -0.39 is 0 Å². The Morgan fingerprint density at radius 1 is 1.04 bits per heavy atom. The van der Waals surface area contributed by atoms with Gasteiger partial charge in [-0.15, -0.1) is 0 Å². The van der Waals surface area contributed by atoms with Gasteiger partial charge >= 0.3 is 0 Å². The zero-order valence-electron chi connectivity index (χ0n) is 14.4. The van der Waals surface area contributed by atoms with Gasteiger partial charge in [0.2, 0.25) is 5.91 Å². The number of rotatable bonds is 6. The number of nitrogens with one attached hydrogen (secondary N) is 3. The Kier molecular flexibility index (Phi) is 6.59. The first-order valence-electron chi connectivity index (χ1n) is 7.65. The maximum absolute atomic E-state index is 11.2. The smallest absolute Gasteiger partial charge is 0.221 e. The van der Waals surface area contributed by atoms with E-state index in [1.165, 1.54) is 6.92 Å². The monoisotopic (exact) mass is 359 g/mol. The Morgan fingerprint density at radius 2 is 1.76 bits per heavy atom. The van der Waals surface area contributed by atoms with Crippen molar-refractivity contribution in [3.8, 4) is 11.5 Å². The second-order valence-electron chi connectivity index (χ2n) is 5.25. The highest BCUT2D eigenvalue weighted by Gasteiger charge is 2.07. The normalized spacial score (nSPS) is 9.88. The standard InChI is InChI=1S/C18H21N3O3S/c1-12(22)20-14-6-9-17(24-3)16(10-14)21-18(25)19-11-13-4-7-15(23-2)8-5-13/h4-10H,11H2,1-3H3,(H,20,22)(H2,19,21,25). The summed E-state index contributed by atoms with van der Waals surface area (Å²) in [4.78, 5) is 11.2. The van der Waals surface area contributed by atoms with Gasteiger partial charge in [0.15, 0.2) is 5.11 Å². The molecule has 25 heavy (non-hydrogen) atoms. The van der Waals surface area contributed by atoms with Crippen LogP contribution in [0.2, 0.25) is 0 Å². The number of hydrogen-bond acceptors (Lipinski definition) is 4. The van der Waals surface area contributed by atoms with E-state index >= 15 is 0 Å². The quantitative estimate of drug-likeness (QED) is 0.688. The van der Waals surface area contributed by atoms with Crippen molar-refractivity contribution in [1.29, 1.82) is 0 Å². The Morgan fingerprint density at radius 3 is 2.36 bits per heavy atom. The number of amides is 1. The molecular formula is C18H21N3O3S. The molecule has 0 aliphatic carbocycles. The van der Waals surface area contributed by atoms with E-state index in [1.807, 2.05) is 24.3 Å². The molecule has 0 aliphatic heterocycles. The van der Waals surface area contributed by atoms with Gasteiger partial charge in [-0.3, -0.25) is 4.79 Å². The number of methoxy groups -OCH3 is 2. The van der Waals surface area contributed by atoms with Gasteiger partial charge in [0.25, 0.3) is 0 Å². The van der Waals surface area contributed by atoms with Crippen LogP contribution in [0.3, 0.4) is 0 Å². The number of hydrogen-bond donors (Lipinski definition) is 3. The average Bonchev–Trinajstić information content (AvgIpc) is 2.60. The maximum Gasteiger partial charge on any atom is 0.221 e. The molecule has 132 valence electrons. The van der Waals surface area contributed by atoms with Gasteiger partial charge < -0.3 is 25.4 Å². The van der Waals surface area contributed by atoms with Crippen molar-refractivity contribution in [2.24, 2.45) is 0 Å². The van der Waals surface area contributed by atoms with Crippen LogP contribution in [0.4, 0.5) is 11.4 Å². The number of ether oxygens (including phenoxy) is 2. The first-order valence-corrected chi connectivity index (χ1v) is 8.06. The minimum absolute atomic E-state index is 0.142. The molecule has 7 heteroatoms. The molecule has 0 bridgehead atoms. The largest absolute Gasteiger partial charge is 0.497 e. The van der Waals surface area contributed by atoms with Crippen LogP contribution in [0.1, 0.15) is 12.5 Å². The van der Waals surface area contributed by atoms with Gasteiger partial charge in [0, 0.05) is 19.2 Å². The Labute approximate surface area is 152 Å². The van der Waals surface area contributed by atoms with Gasteiger partial charge in [-0.05, 0) is 48.1 Å². The predicted molar refractivity (Wildman–Crippen MR) is 103 cm³/mol. The van der Waals surface area contributed by atoms with E-state index in [-0.39, 0.29) is 5.91 Å². The highest BCUT2D eigenvalue weighted by Crippen LogP contribution is 2.27. The van der Waals surface area contributed by atoms with Crippen LogP contribution in [0.5, 0.6) is 11.5 Å². The van der Waals surface area contributed by atoms with Crippen LogP contribution in [0.25, 0.3) is 0 Å². The van der Waals surface area contributed by atoms with Crippen LogP contribution in [0.15, 0.2) is 42.5 Å². The number of thiocarbonyl (C=S) groups is 1. The third kappa shape index (κ3) is 5.65. The lowest BCUT2D eigenvalue weighted by Crippen LogP contribution is -2.28. The summed E-state index contributed by atoms with van der Waals surface area (Å²) in [5.41, 5.74) is 2.40. The van der Waals surface area contributed by atoms with Crippen molar-refractivity contribution in [2.75, 3.05) is 24.9 Å². The fraction of sp³-hybridized carbons (Fsp3) is 0.222. The van der Waals surface area contributed by atoms with Crippen LogP contribution >= 0.6 is 12.2 Å². The third-order valence-corrected chi connectivity index (χ3v) is 3.63. The lowest BCUT2D eigenvalue weighted by Gasteiger charge is -2.15. The number of carbonyl (C=O) groups excluding carboxylic acids is 1. The summed E-state index contributed by atoms with van der Waals surface area (Å²) in [6, 6.07) is 13.0. The summed E-state index contributed by atoms with van der Waals surface area (Å²) in [6.07, 6.45) is 0. The fourth-order valence-corrected chi connectivity index (χ4v) is 2.36. The molecular weight excluding hydrogens is 338 g/mol. The van der Waals surface area contributed by atoms with Crippen molar-refractivity contribution in [2.45, 2.75) is 13.5 Å². The van der Waals surface area contributed by atoms with Crippen molar-refractivity contribution in [3.05, 3.63) is 48.0 Å². The van der Waals surface area contributed by atoms with Gasteiger partial charge in [-0.1, -0.05) is 12.1 Å². The van der Waals surface area contributed by atoms with Crippen molar-refractivity contribution >= 4 is 34.6 Å². The molecule has 6 nitrogen and oxygen atoms in total. The summed E-state index contributed by atoms with van der Waals surface area (Å²) in [5.74, 6) is 1.29. The molecule has 0 aliphatic rings. The second-order valence-corrected chi connectivity index (χ2v) is 5.66. The average molecular weight is 359 g/mol. The minimum atomic E-state index is -0.142. The van der Waals surface area contributed by atoms with Gasteiger partial charge in [-0.25, -0.2) is 0 Å². The highest BCUT2D eigenvalue weighted by molar-refractivity contribution is 7.80. The van der Waals surface area contributed by atoms with Crippen LogP contribution in [-0.2, 0) is 11.3 Å². The van der Waals surface area contributed by atoms with E-state index in [2.05, 4.69) is 16.0 Å². The van der Waals surface area contributed by atoms with Gasteiger partial charge in [-0.2, -0.15) is 0 Å². The zero-order chi connectivity index (χ0) is 18.2. The van der Waals surface area contributed by atoms with Crippen molar-refractivity contribution in [3.63, 3.8) is 0 Å². The van der Waals surface area contributed by atoms with Crippen molar-refractivity contribution < 1.29 is 14.3 Å². The number of anilines is 2. The highest BCUT2D eigenvalue weighted by atomic mass is 32.1. The summed E-state index contributed by atoms with van der Waals surface area (Å²) in [5, 5.41) is 9.40. The molecule has 0 saturated carbocycles. The van der Waals surface area contributed by atoms with E-state index in [4.69, 9.17) is 21.7 Å². The van der Waals surface area contributed by atoms with E-state index in [9.17, 15) is 4.79 Å². The van der Waals surface area contributed by atoms with Gasteiger partial charge in [0.1, 0.15) is 11.5 Å². The Bertz CT molecular complexity index is 748. The van der Waals surface area contributed by atoms with E-state index in [0.29, 0.717) is 28.8 Å². The molecule has 3 N–H and O–H groups in total. The van der Waals surface area contributed by atoms with Crippen LogP contribution < -0.4 is 25.4 Å². The molecule has 2 rings (SSSR count). The van der Waals surface area contributed by atoms with Crippen LogP contribution in [0, 0.1) is 0 Å². The second kappa shape index (κ2) is 8.89. The molecule has 1 amide bonds. The molecule has 0 unspecified atom stereocenters. The molecule has 0 fully saturated rings.